The Morgan fingerprint density at radius 3 is 2.56 bits per heavy atom. The number of anilines is 3. The summed E-state index contributed by atoms with van der Waals surface area (Å²) in [5, 5.41) is 8.42. The lowest BCUT2D eigenvalue weighted by atomic mass is 9.78. The SMILES string of the molecule is C=CCOc1ccc(NC(=O)Nc2ccc3c(c2)NC(=O)CC3(C)C)cc1. The van der Waals surface area contributed by atoms with Crippen molar-refractivity contribution in [3.8, 4) is 5.75 Å². The molecule has 0 saturated carbocycles. The standard InChI is InChI=1S/C21H23N3O3/c1-4-11-27-16-8-5-14(6-9-16)22-20(26)23-15-7-10-17-18(12-15)24-19(25)13-21(17,2)3/h4-10,12H,1,11,13H2,2-3H3,(H,24,25)(H2,22,23,26). The fourth-order valence-corrected chi connectivity index (χ4v) is 3.09. The minimum Gasteiger partial charge on any atom is -0.490 e. The van der Waals surface area contributed by atoms with Gasteiger partial charge in [0.2, 0.25) is 5.91 Å². The minimum absolute atomic E-state index is 0.0205. The first-order valence-electron chi connectivity index (χ1n) is 8.73. The summed E-state index contributed by atoms with van der Waals surface area (Å²) in [7, 11) is 0. The van der Waals surface area contributed by atoms with Crippen LogP contribution in [0.1, 0.15) is 25.8 Å². The molecule has 1 aliphatic rings. The van der Waals surface area contributed by atoms with Crippen LogP contribution in [0.25, 0.3) is 0 Å². The van der Waals surface area contributed by atoms with Gasteiger partial charge in [-0.15, -0.1) is 0 Å². The molecule has 0 fully saturated rings. The number of amides is 3. The van der Waals surface area contributed by atoms with Crippen LogP contribution in [-0.2, 0) is 10.2 Å². The molecule has 6 heteroatoms. The van der Waals surface area contributed by atoms with Crippen molar-refractivity contribution in [2.24, 2.45) is 0 Å². The summed E-state index contributed by atoms with van der Waals surface area (Å²) in [5.41, 5.74) is 2.82. The van der Waals surface area contributed by atoms with Crippen molar-refractivity contribution < 1.29 is 14.3 Å². The molecule has 0 aliphatic carbocycles. The largest absolute Gasteiger partial charge is 0.490 e. The van der Waals surface area contributed by atoms with E-state index >= 15 is 0 Å². The molecule has 1 aliphatic heterocycles. The van der Waals surface area contributed by atoms with Gasteiger partial charge >= 0.3 is 6.03 Å². The molecule has 3 N–H and O–H groups in total. The second-order valence-corrected chi connectivity index (χ2v) is 7.07. The molecule has 1 heterocycles. The molecule has 6 nitrogen and oxygen atoms in total. The van der Waals surface area contributed by atoms with Crippen LogP contribution in [0.4, 0.5) is 21.9 Å². The van der Waals surface area contributed by atoms with Crippen molar-refractivity contribution in [1.82, 2.24) is 0 Å². The molecule has 140 valence electrons. The molecule has 0 bridgehead atoms. The van der Waals surface area contributed by atoms with E-state index in [4.69, 9.17) is 4.74 Å². The Kier molecular flexibility index (Phi) is 5.16. The second kappa shape index (κ2) is 7.53. The Labute approximate surface area is 158 Å². The fourth-order valence-electron chi connectivity index (χ4n) is 3.09. The summed E-state index contributed by atoms with van der Waals surface area (Å²) in [5.74, 6) is 0.682. The molecule has 0 unspecified atom stereocenters. The zero-order valence-corrected chi connectivity index (χ0v) is 15.5. The van der Waals surface area contributed by atoms with Crippen molar-refractivity contribution in [1.29, 1.82) is 0 Å². The number of carbonyl (C=O) groups is 2. The summed E-state index contributed by atoms with van der Waals surface area (Å²) in [6, 6.07) is 12.3. The van der Waals surface area contributed by atoms with E-state index in [2.05, 4.69) is 22.5 Å². The average molecular weight is 365 g/mol. The highest BCUT2D eigenvalue weighted by Gasteiger charge is 2.31. The van der Waals surface area contributed by atoms with Gasteiger partial charge in [-0.05, 0) is 42.0 Å². The highest BCUT2D eigenvalue weighted by atomic mass is 16.5. The van der Waals surface area contributed by atoms with Gasteiger partial charge in [0.25, 0.3) is 0 Å². The van der Waals surface area contributed by atoms with Crippen LogP contribution >= 0.6 is 0 Å². The van der Waals surface area contributed by atoms with Gasteiger partial charge in [-0.2, -0.15) is 0 Å². The first-order valence-corrected chi connectivity index (χ1v) is 8.73. The lowest BCUT2D eigenvalue weighted by Gasteiger charge is -2.32. The summed E-state index contributed by atoms with van der Waals surface area (Å²) < 4.78 is 5.41. The number of fused-ring (bicyclic) bond motifs is 1. The summed E-state index contributed by atoms with van der Waals surface area (Å²) in [4.78, 5) is 24.1. The van der Waals surface area contributed by atoms with Gasteiger partial charge in [-0.3, -0.25) is 4.79 Å². The maximum atomic E-state index is 12.2. The van der Waals surface area contributed by atoms with Gasteiger partial charge < -0.3 is 20.7 Å². The third-order valence-electron chi connectivity index (χ3n) is 4.36. The first kappa shape index (κ1) is 18.5. The van der Waals surface area contributed by atoms with E-state index in [1.54, 1.807) is 36.4 Å². The topological polar surface area (TPSA) is 79.5 Å². The van der Waals surface area contributed by atoms with Crippen LogP contribution in [-0.4, -0.2) is 18.5 Å². The number of rotatable bonds is 5. The van der Waals surface area contributed by atoms with Crippen LogP contribution in [0.2, 0.25) is 0 Å². The Morgan fingerprint density at radius 2 is 1.85 bits per heavy atom. The number of hydrogen-bond donors (Lipinski definition) is 3. The molecule has 3 rings (SSSR count). The van der Waals surface area contributed by atoms with Crippen LogP contribution in [0.5, 0.6) is 5.75 Å². The molecule has 2 aromatic rings. The molecule has 2 aromatic carbocycles. The predicted octanol–water partition coefficient (Wildman–Crippen LogP) is 4.52. The van der Waals surface area contributed by atoms with Gasteiger partial charge in [0.15, 0.2) is 0 Å². The number of benzene rings is 2. The van der Waals surface area contributed by atoms with Gasteiger partial charge in [0, 0.05) is 28.9 Å². The third kappa shape index (κ3) is 4.47. The summed E-state index contributed by atoms with van der Waals surface area (Å²) in [6.07, 6.45) is 2.11. The molecule has 0 radical (unpaired) electrons. The third-order valence-corrected chi connectivity index (χ3v) is 4.36. The Bertz CT molecular complexity index is 873. The summed E-state index contributed by atoms with van der Waals surface area (Å²) in [6.45, 7) is 8.10. The zero-order chi connectivity index (χ0) is 19.4. The van der Waals surface area contributed by atoms with Crippen LogP contribution in [0.3, 0.4) is 0 Å². The first-order chi connectivity index (χ1) is 12.9. The van der Waals surface area contributed by atoms with E-state index in [9.17, 15) is 9.59 Å². The van der Waals surface area contributed by atoms with E-state index < -0.39 is 0 Å². The van der Waals surface area contributed by atoms with Crippen LogP contribution < -0.4 is 20.7 Å². The molecule has 0 aromatic heterocycles. The lowest BCUT2D eigenvalue weighted by Crippen LogP contribution is -2.32. The molecule has 0 saturated heterocycles. The van der Waals surface area contributed by atoms with Gasteiger partial charge in [0.05, 0.1) is 0 Å². The molecular weight excluding hydrogens is 342 g/mol. The Balaban J connectivity index is 1.65. The predicted molar refractivity (Wildman–Crippen MR) is 107 cm³/mol. The second-order valence-electron chi connectivity index (χ2n) is 7.07. The smallest absolute Gasteiger partial charge is 0.323 e. The number of carbonyl (C=O) groups excluding carboxylic acids is 2. The van der Waals surface area contributed by atoms with E-state index in [0.29, 0.717) is 30.2 Å². The van der Waals surface area contributed by atoms with Gasteiger partial charge in [-0.1, -0.05) is 32.6 Å². The highest BCUT2D eigenvalue weighted by Crippen LogP contribution is 2.38. The molecular formula is C21H23N3O3. The highest BCUT2D eigenvalue weighted by molar-refractivity contribution is 6.01. The normalized spacial score (nSPS) is 14.5. The number of hydrogen-bond acceptors (Lipinski definition) is 3. The summed E-state index contributed by atoms with van der Waals surface area (Å²) >= 11 is 0. The minimum atomic E-state index is -0.365. The van der Waals surface area contributed by atoms with Crippen LogP contribution in [0.15, 0.2) is 55.1 Å². The monoisotopic (exact) mass is 365 g/mol. The van der Waals surface area contributed by atoms with E-state index in [1.165, 1.54) is 0 Å². The quantitative estimate of drug-likeness (QED) is 0.682. The van der Waals surface area contributed by atoms with E-state index in [0.717, 1.165) is 11.3 Å². The van der Waals surface area contributed by atoms with Crippen molar-refractivity contribution in [3.63, 3.8) is 0 Å². The Morgan fingerprint density at radius 1 is 1.19 bits per heavy atom. The number of ether oxygens (including phenoxy) is 1. The lowest BCUT2D eigenvalue weighted by molar-refractivity contribution is -0.117. The molecule has 0 spiro atoms. The van der Waals surface area contributed by atoms with E-state index in [1.807, 2.05) is 26.0 Å². The van der Waals surface area contributed by atoms with Crippen LogP contribution in [0, 0.1) is 0 Å². The van der Waals surface area contributed by atoms with Gasteiger partial charge in [-0.25, -0.2) is 4.79 Å². The van der Waals surface area contributed by atoms with Crippen molar-refractivity contribution >= 4 is 29.0 Å². The fraction of sp³-hybridized carbons (Fsp3) is 0.238. The van der Waals surface area contributed by atoms with Crippen molar-refractivity contribution in [2.45, 2.75) is 25.7 Å². The number of urea groups is 1. The maximum Gasteiger partial charge on any atom is 0.323 e. The van der Waals surface area contributed by atoms with Crippen molar-refractivity contribution in [2.75, 3.05) is 22.6 Å². The number of nitrogens with one attached hydrogen (secondary N) is 3. The van der Waals surface area contributed by atoms with E-state index in [-0.39, 0.29) is 17.4 Å². The Hall–Kier alpha value is -3.28. The molecule has 27 heavy (non-hydrogen) atoms. The van der Waals surface area contributed by atoms with Crippen molar-refractivity contribution in [3.05, 3.63) is 60.7 Å². The van der Waals surface area contributed by atoms with Gasteiger partial charge in [0.1, 0.15) is 12.4 Å². The molecule has 3 amide bonds. The average Bonchev–Trinajstić information content (AvgIpc) is 2.60. The maximum absolute atomic E-state index is 12.2. The zero-order valence-electron chi connectivity index (χ0n) is 15.5. The molecule has 0 atom stereocenters.